The lowest BCUT2D eigenvalue weighted by atomic mass is 9.74. The number of rotatable bonds is 5. The Hall–Kier alpha value is -2.10. The van der Waals surface area contributed by atoms with Gasteiger partial charge in [0.15, 0.2) is 11.6 Å². The van der Waals surface area contributed by atoms with Gasteiger partial charge in [-0.1, -0.05) is 39.3 Å². The van der Waals surface area contributed by atoms with Crippen LogP contribution in [0.25, 0.3) is 0 Å². The lowest BCUT2D eigenvalue weighted by Gasteiger charge is -2.29. The third-order valence-corrected chi connectivity index (χ3v) is 4.02. The summed E-state index contributed by atoms with van der Waals surface area (Å²) < 4.78 is 5.31. The largest absolute Gasteiger partial charge is 0.482 e. The molecule has 0 unspecified atom stereocenters. The average Bonchev–Trinajstić information content (AvgIpc) is 2.46. The van der Waals surface area contributed by atoms with Crippen molar-refractivity contribution in [1.82, 2.24) is 0 Å². The standard InChI is InChI=1S/C19H25NO3/c1-5-6-13-7-9-14(10-8-13)20-18(23-4)17-15(21)11-19(2,3)12-16(17)22/h7-10,20H,5-6,11-12H2,1-4H3. The van der Waals surface area contributed by atoms with Gasteiger partial charge in [-0.25, -0.2) is 0 Å². The first-order valence-electron chi connectivity index (χ1n) is 8.07. The molecule has 0 atom stereocenters. The van der Waals surface area contributed by atoms with Gasteiger partial charge < -0.3 is 10.1 Å². The van der Waals surface area contributed by atoms with Crippen LogP contribution in [0.3, 0.4) is 0 Å². The molecule has 1 saturated carbocycles. The Kier molecular flexibility index (Phi) is 5.24. The van der Waals surface area contributed by atoms with Crippen LogP contribution in [-0.2, 0) is 20.7 Å². The molecule has 1 N–H and O–H groups in total. The number of allylic oxidation sites excluding steroid dienone is 1. The fourth-order valence-corrected chi connectivity index (χ4v) is 2.91. The van der Waals surface area contributed by atoms with Crippen LogP contribution in [0.4, 0.5) is 5.69 Å². The number of carbonyl (C=O) groups excluding carboxylic acids is 2. The van der Waals surface area contributed by atoms with E-state index >= 15 is 0 Å². The van der Waals surface area contributed by atoms with Crippen LogP contribution in [0, 0.1) is 5.41 Å². The van der Waals surface area contributed by atoms with Crippen molar-refractivity contribution in [3.63, 3.8) is 0 Å². The molecule has 1 fully saturated rings. The van der Waals surface area contributed by atoms with Crippen molar-refractivity contribution >= 4 is 17.3 Å². The van der Waals surface area contributed by atoms with Gasteiger partial charge in [0.1, 0.15) is 5.57 Å². The zero-order valence-corrected chi connectivity index (χ0v) is 14.4. The molecule has 0 aliphatic heterocycles. The van der Waals surface area contributed by atoms with Crippen LogP contribution in [0.5, 0.6) is 0 Å². The van der Waals surface area contributed by atoms with E-state index in [1.807, 2.05) is 38.1 Å². The Balaban J connectivity index is 2.24. The monoisotopic (exact) mass is 315 g/mol. The molecule has 1 aliphatic rings. The summed E-state index contributed by atoms with van der Waals surface area (Å²) >= 11 is 0. The second-order valence-corrected chi connectivity index (χ2v) is 6.84. The number of hydrogen-bond donors (Lipinski definition) is 1. The van der Waals surface area contributed by atoms with Gasteiger partial charge in [-0.15, -0.1) is 0 Å². The molecule has 0 bridgehead atoms. The molecule has 4 heteroatoms. The smallest absolute Gasteiger partial charge is 0.205 e. The van der Waals surface area contributed by atoms with Crippen molar-refractivity contribution in [3.05, 3.63) is 41.3 Å². The highest BCUT2D eigenvalue weighted by Gasteiger charge is 2.38. The zero-order valence-electron chi connectivity index (χ0n) is 14.4. The number of aryl methyl sites for hydroxylation is 1. The number of Topliss-reactive ketones (excluding diaryl/α,β-unsaturated/α-hetero) is 2. The number of hydrogen-bond acceptors (Lipinski definition) is 4. The van der Waals surface area contributed by atoms with E-state index in [-0.39, 0.29) is 28.4 Å². The van der Waals surface area contributed by atoms with E-state index in [9.17, 15) is 9.59 Å². The minimum atomic E-state index is -0.279. The predicted molar refractivity (Wildman–Crippen MR) is 91.1 cm³/mol. The summed E-state index contributed by atoms with van der Waals surface area (Å²) in [5.41, 5.74) is 1.94. The molecule has 0 aromatic heterocycles. The number of ether oxygens (including phenoxy) is 1. The summed E-state index contributed by atoms with van der Waals surface area (Å²) in [6.45, 7) is 6.01. The van der Waals surface area contributed by atoms with E-state index < -0.39 is 0 Å². The van der Waals surface area contributed by atoms with Crippen LogP contribution < -0.4 is 5.32 Å². The number of ketones is 2. The van der Waals surface area contributed by atoms with Crippen LogP contribution >= 0.6 is 0 Å². The Bertz CT molecular complexity index is 605. The molecular formula is C19H25NO3. The molecular weight excluding hydrogens is 290 g/mol. The zero-order chi connectivity index (χ0) is 17.0. The molecule has 1 aromatic rings. The van der Waals surface area contributed by atoms with E-state index in [1.165, 1.54) is 12.7 Å². The molecule has 4 nitrogen and oxygen atoms in total. The number of carbonyl (C=O) groups is 2. The Morgan fingerprint density at radius 2 is 1.70 bits per heavy atom. The van der Waals surface area contributed by atoms with Gasteiger partial charge in [0.05, 0.1) is 7.11 Å². The van der Waals surface area contributed by atoms with Crippen molar-refractivity contribution in [2.75, 3.05) is 12.4 Å². The molecule has 0 saturated heterocycles. The third kappa shape index (κ3) is 4.21. The van der Waals surface area contributed by atoms with E-state index in [0.29, 0.717) is 12.8 Å². The lowest BCUT2D eigenvalue weighted by molar-refractivity contribution is -0.127. The van der Waals surface area contributed by atoms with Crippen LogP contribution in [0.15, 0.2) is 35.7 Å². The highest BCUT2D eigenvalue weighted by Crippen LogP contribution is 2.35. The maximum absolute atomic E-state index is 12.4. The molecule has 0 heterocycles. The summed E-state index contributed by atoms with van der Waals surface area (Å²) in [6, 6.07) is 7.95. The molecule has 1 aromatic carbocycles. The van der Waals surface area contributed by atoms with E-state index in [4.69, 9.17) is 4.74 Å². The fraction of sp³-hybridized carbons (Fsp3) is 0.474. The van der Waals surface area contributed by atoms with Gasteiger partial charge in [-0.2, -0.15) is 0 Å². The summed E-state index contributed by atoms with van der Waals surface area (Å²) in [7, 11) is 1.47. The van der Waals surface area contributed by atoms with Gasteiger partial charge in [0.2, 0.25) is 5.88 Å². The van der Waals surface area contributed by atoms with Crippen LogP contribution in [-0.4, -0.2) is 18.7 Å². The molecule has 23 heavy (non-hydrogen) atoms. The highest BCUT2D eigenvalue weighted by molar-refractivity contribution is 6.22. The summed E-state index contributed by atoms with van der Waals surface area (Å²) in [6.07, 6.45) is 2.85. The first-order chi connectivity index (χ1) is 10.9. The Morgan fingerprint density at radius 3 is 2.17 bits per heavy atom. The summed E-state index contributed by atoms with van der Waals surface area (Å²) in [5.74, 6) is -0.0600. The van der Waals surface area contributed by atoms with Crippen molar-refractivity contribution in [2.45, 2.75) is 46.5 Å². The maximum Gasteiger partial charge on any atom is 0.205 e. The van der Waals surface area contributed by atoms with Crippen LogP contribution in [0.1, 0.15) is 45.6 Å². The quantitative estimate of drug-likeness (QED) is 0.509. The average molecular weight is 315 g/mol. The topological polar surface area (TPSA) is 55.4 Å². The van der Waals surface area contributed by atoms with Gasteiger partial charge >= 0.3 is 0 Å². The van der Waals surface area contributed by atoms with Gasteiger partial charge in [0.25, 0.3) is 0 Å². The minimum absolute atomic E-state index is 0.154. The molecule has 0 spiro atoms. The molecule has 2 rings (SSSR count). The van der Waals surface area contributed by atoms with Gasteiger partial charge in [-0.3, -0.25) is 9.59 Å². The van der Waals surface area contributed by atoms with Crippen molar-refractivity contribution in [1.29, 1.82) is 0 Å². The second kappa shape index (κ2) is 6.99. The van der Waals surface area contributed by atoms with Gasteiger partial charge in [-0.05, 0) is 29.5 Å². The fourth-order valence-electron chi connectivity index (χ4n) is 2.91. The normalized spacial score (nSPS) is 17.1. The number of nitrogens with one attached hydrogen (secondary N) is 1. The van der Waals surface area contributed by atoms with Gasteiger partial charge in [0, 0.05) is 18.5 Å². The molecule has 0 radical (unpaired) electrons. The van der Waals surface area contributed by atoms with Crippen molar-refractivity contribution in [2.24, 2.45) is 5.41 Å². The Morgan fingerprint density at radius 1 is 1.13 bits per heavy atom. The lowest BCUT2D eigenvalue weighted by Crippen LogP contribution is -2.33. The third-order valence-electron chi connectivity index (χ3n) is 4.02. The number of anilines is 1. The summed E-state index contributed by atoms with van der Waals surface area (Å²) in [5, 5.41) is 3.07. The Labute approximate surface area is 137 Å². The van der Waals surface area contributed by atoms with Crippen molar-refractivity contribution < 1.29 is 14.3 Å². The maximum atomic E-state index is 12.4. The molecule has 124 valence electrons. The summed E-state index contributed by atoms with van der Waals surface area (Å²) in [4.78, 5) is 24.7. The SMILES string of the molecule is CCCc1ccc(NC(OC)=C2C(=O)CC(C)(C)CC2=O)cc1. The first-order valence-corrected chi connectivity index (χ1v) is 8.07. The van der Waals surface area contributed by atoms with Crippen LogP contribution in [0.2, 0.25) is 0 Å². The second-order valence-electron chi connectivity index (χ2n) is 6.84. The highest BCUT2D eigenvalue weighted by atomic mass is 16.5. The van der Waals surface area contributed by atoms with E-state index in [1.54, 1.807) is 0 Å². The molecule has 0 amide bonds. The predicted octanol–water partition coefficient (Wildman–Crippen LogP) is 3.87. The first kappa shape index (κ1) is 17.3. The van der Waals surface area contributed by atoms with E-state index in [2.05, 4.69) is 12.2 Å². The van der Waals surface area contributed by atoms with Crippen molar-refractivity contribution in [3.8, 4) is 0 Å². The number of benzene rings is 1. The molecule has 1 aliphatic carbocycles. The minimum Gasteiger partial charge on any atom is -0.482 e. The van der Waals surface area contributed by atoms with E-state index in [0.717, 1.165) is 18.5 Å². The number of methoxy groups -OCH3 is 1.